The van der Waals surface area contributed by atoms with Crippen LogP contribution < -0.4 is 5.32 Å². The van der Waals surface area contributed by atoms with E-state index in [1.54, 1.807) is 6.20 Å². The lowest BCUT2D eigenvalue weighted by molar-refractivity contribution is 0.0395. The zero-order valence-corrected chi connectivity index (χ0v) is 12.9. The number of aromatic nitrogens is 1. The lowest BCUT2D eigenvalue weighted by Gasteiger charge is -2.42. The molecule has 1 aromatic rings. The summed E-state index contributed by atoms with van der Waals surface area (Å²) in [6.07, 6.45) is 4.19. The number of carbonyl (C=O) groups excluding carboxylic acids is 1. The predicted molar refractivity (Wildman–Crippen MR) is 83.5 cm³/mol. The Bertz CT molecular complexity index is 519. The number of nitrogens with one attached hydrogen (secondary N) is 1. The number of hydrogen-bond acceptors (Lipinski definition) is 4. The van der Waals surface area contributed by atoms with Crippen molar-refractivity contribution in [2.45, 2.75) is 38.8 Å². The van der Waals surface area contributed by atoms with Crippen LogP contribution in [0, 0.1) is 0 Å². The third kappa shape index (κ3) is 2.88. The molecule has 2 atom stereocenters. The molecule has 2 fully saturated rings. The van der Waals surface area contributed by atoms with Crippen molar-refractivity contribution >= 4 is 11.7 Å². The Morgan fingerprint density at radius 1 is 1.48 bits per heavy atom. The molecule has 3 heterocycles. The number of fused-ring (bicyclic) bond motifs is 1. The van der Waals surface area contributed by atoms with Crippen molar-refractivity contribution in [2.75, 3.05) is 31.5 Å². The molecule has 2 aliphatic heterocycles. The van der Waals surface area contributed by atoms with Gasteiger partial charge in [-0.3, -0.25) is 9.69 Å². The maximum Gasteiger partial charge on any atom is 0.254 e. The Morgan fingerprint density at radius 2 is 2.33 bits per heavy atom. The molecule has 3 rings (SSSR count). The van der Waals surface area contributed by atoms with E-state index < -0.39 is 0 Å². The van der Waals surface area contributed by atoms with E-state index in [2.05, 4.69) is 22.1 Å². The average Bonchev–Trinajstić information content (AvgIpc) is 2.93. The van der Waals surface area contributed by atoms with E-state index in [0.29, 0.717) is 6.04 Å². The van der Waals surface area contributed by atoms with Crippen LogP contribution in [0.4, 0.5) is 5.82 Å². The Labute approximate surface area is 126 Å². The van der Waals surface area contributed by atoms with E-state index in [9.17, 15) is 4.79 Å². The number of rotatable bonds is 3. The Kier molecular flexibility index (Phi) is 4.10. The van der Waals surface area contributed by atoms with Gasteiger partial charge >= 0.3 is 0 Å². The highest BCUT2D eigenvalue weighted by Crippen LogP contribution is 2.25. The first-order valence-electron chi connectivity index (χ1n) is 7.94. The Balaban J connectivity index is 1.76. The smallest absolute Gasteiger partial charge is 0.254 e. The Morgan fingerprint density at radius 3 is 3.14 bits per heavy atom. The molecule has 1 amide bonds. The quantitative estimate of drug-likeness (QED) is 0.922. The van der Waals surface area contributed by atoms with E-state index >= 15 is 0 Å². The molecule has 21 heavy (non-hydrogen) atoms. The molecule has 0 spiro atoms. The van der Waals surface area contributed by atoms with Gasteiger partial charge in [0.15, 0.2) is 0 Å². The highest BCUT2D eigenvalue weighted by Gasteiger charge is 2.36. The van der Waals surface area contributed by atoms with E-state index in [-0.39, 0.29) is 11.9 Å². The Hall–Kier alpha value is -1.62. The number of pyridine rings is 1. The first kappa shape index (κ1) is 14.3. The van der Waals surface area contributed by atoms with E-state index in [1.807, 2.05) is 24.0 Å². The summed E-state index contributed by atoms with van der Waals surface area (Å²) in [5.74, 6) is 0.908. The molecule has 0 bridgehead atoms. The summed E-state index contributed by atoms with van der Waals surface area (Å²) >= 11 is 0. The molecule has 2 unspecified atom stereocenters. The van der Waals surface area contributed by atoms with Gasteiger partial charge in [0.2, 0.25) is 0 Å². The number of nitrogens with zero attached hydrogens (tertiary/aromatic N) is 3. The van der Waals surface area contributed by atoms with Gasteiger partial charge in [0.25, 0.3) is 5.91 Å². The minimum absolute atomic E-state index is 0.135. The summed E-state index contributed by atoms with van der Waals surface area (Å²) < 4.78 is 0. The minimum atomic E-state index is 0.135. The minimum Gasteiger partial charge on any atom is -0.370 e. The van der Waals surface area contributed by atoms with Gasteiger partial charge in [0.1, 0.15) is 5.82 Å². The van der Waals surface area contributed by atoms with Crippen LogP contribution >= 0.6 is 0 Å². The molecule has 5 heteroatoms. The van der Waals surface area contributed by atoms with Crippen molar-refractivity contribution in [1.29, 1.82) is 0 Å². The lowest BCUT2D eigenvalue weighted by Crippen LogP contribution is -2.56. The van der Waals surface area contributed by atoms with Crippen molar-refractivity contribution in [3.8, 4) is 0 Å². The molecule has 0 radical (unpaired) electrons. The van der Waals surface area contributed by atoms with Crippen molar-refractivity contribution in [2.24, 2.45) is 0 Å². The number of piperazine rings is 1. The molecule has 0 aliphatic carbocycles. The van der Waals surface area contributed by atoms with Crippen LogP contribution in [0.5, 0.6) is 0 Å². The molecule has 1 N–H and O–H groups in total. The van der Waals surface area contributed by atoms with Gasteiger partial charge in [0.05, 0.1) is 0 Å². The molecular weight excluding hydrogens is 264 g/mol. The van der Waals surface area contributed by atoms with Gasteiger partial charge in [0, 0.05) is 43.5 Å². The van der Waals surface area contributed by atoms with Gasteiger partial charge in [-0.05, 0) is 45.4 Å². The highest BCUT2D eigenvalue weighted by atomic mass is 16.2. The first-order valence-corrected chi connectivity index (χ1v) is 7.94. The summed E-state index contributed by atoms with van der Waals surface area (Å²) in [5.41, 5.74) is 0.735. The molecule has 114 valence electrons. The van der Waals surface area contributed by atoms with Crippen LogP contribution in [-0.4, -0.2) is 59.0 Å². The van der Waals surface area contributed by atoms with Gasteiger partial charge in [-0.25, -0.2) is 4.98 Å². The standard InChI is InChI=1S/C16H24N4O/c1-3-17-15-9-13(6-7-18-15)16(21)20-11-14-5-4-8-19(14)10-12(20)2/h6-7,9,12,14H,3-5,8,10-11H2,1-2H3,(H,17,18). The fraction of sp³-hybridized carbons (Fsp3) is 0.625. The monoisotopic (exact) mass is 288 g/mol. The number of amides is 1. The highest BCUT2D eigenvalue weighted by molar-refractivity contribution is 5.95. The van der Waals surface area contributed by atoms with Crippen molar-refractivity contribution in [3.05, 3.63) is 23.9 Å². The second kappa shape index (κ2) is 6.02. The molecule has 5 nitrogen and oxygen atoms in total. The first-order chi connectivity index (χ1) is 10.2. The fourth-order valence-corrected chi connectivity index (χ4v) is 3.48. The molecule has 1 aromatic heterocycles. The largest absolute Gasteiger partial charge is 0.370 e. The van der Waals surface area contributed by atoms with Gasteiger partial charge in [-0.15, -0.1) is 0 Å². The summed E-state index contributed by atoms with van der Waals surface area (Å²) in [6.45, 7) is 8.04. The SMILES string of the molecule is CCNc1cc(C(=O)N2CC3CCCN3CC2C)ccn1. The van der Waals surface area contributed by atoms with Crippen LogP contribution in [0.2, 0.25) is 0 Å². The average molecular weight is 288 g/mol. The molecule has 0 saturated carbocycles. The summed E-state index contributed by atoms with van der Waals surface area (Å²) in [6, 6.07) is 4.51. The van der Waals surface area contributed by atoms with E-state index in [1.165, 1.54) is 19.4 Å². The molecule has 2 aliphatic rings. The molecular formula is C16H24N4O. The second-order valence-corrected chi connectivity index (χ2v) is 6.06. The van der Waals surface area contributed by atoms with Crippen molar-refractivity contribution in [3.63, 3.8) is 0 Å². The maximum atomic E-state index is 12.8. The molecule has 0 aromatic carbocycles. The fourth-order valence-electron chi connectivity index (χ4n) is 3.48. The van der Waals surface area contributed by atoms with Crippen LogP contribution in [-0.2, 0) is 0 Å². The van der Waals surface area contributed by atoms with Gasteiger partial charge in [-0.2, -0.15) is 0 Å². The van der Waals surface area contributed by atoms with E-state index in [4.69, 9.17) is 0 Å². The van der Waals surface area contributed by atoms with Gasteiger partial charge < -0.3 is 10.2 Å². The number of hydrogen-bond donors (Lipinski definition) is 1. The number of carbonyl (C=O) groups is 1. The van der Waals surface area contributed by atoms with E-state index in [0.717, 1.165) is 31.0 Å². The van der Waals surface area contributed by atoms with Crippen molar-refractivity contribution < 1.29 is 4.79 Å². The predicted octanol–water partition coefficient (Wildman–Crippen LogP) is 1.82. The summed E-state index contributed by atoms with van der Waals surface area (Å²) in [7, 11) is 0. The summed E-state index contributed by atoms with van der Waals surface area (Å²) in [5, 5.41) is 3.16. The number of anilines is 1. The van der Waals surface area contributed by atoms with Crippen LogP contribution in [0.15, 0.2) is 18.3 Å². The van der Waals surface area contributed by atoms with Crippen LogP contribution in [0.3, 0.4) is 0 Å². The second-order valence-electron chi connectivity index (χ2n) is 6.06. The summed E-state index contributed by atoms with van der Waals surface area (Å²) in [4.78, 5) is 21.6. The van der Waals surface area contributed by atoms with Crippen LogP contribution in [0.1, 0.15) is 37.0 Å². The lowest BCUT2D eigenvalue weighted by atomic mass is 10.1. The third-order valence-electron chi connectivity index (χ3n) is 4.56. The molecule has 2 saturated heterocycles. The van der Waals surface area contributed by atoms with Crippen molar-refractivity contribution in [1.82, 2.24) is 14.8 Å². The van der Waals surface area contributed by atoms with Crippen LogP contribution in [0.25, 0.3) is 0 Å². The zero-order valence-electron chi connectivity index (χ0n) is 12.9. The zero-order chi connectivity index (χ0) is 14.8. The normalized spacial score (nSPS) is 25.7. The third-order valence-corrected chi connectivity index (χ3v) is 4.56. The van der Waals surface area contributed by atoms with Gasteiger partial charge in [-0.1, -0.05) is 0 Å². The topological polar surface area (TPSA) is 48.5 Å². The maximum absolute atomic E-state index is 12.8.